The van der Waals surface area contributed by atoms with Crippen LogP contribution in [0.3, 0.4) is 0 Å². The van der Waals surface area contributed by atoms with Crippen molar-refractivity contribution in [2.24, 2.45) is 0 Å². The molecular formula is C38H41BrClN5O3. The van der Waals surface area contributed by atoms with Crippen LogP contribution in [0.15, 0.2) is 89.8 Å². The predicted octanol–water partition coefficient (Wildman–Crippen LogP) is 6.30. The molecule has 0 N–H and O–H groups in total. The topological polar surface area (TPSA) is 70.9 Å². The number of hydrogen-bond donors (Lipinski definition) is 0. The van der Waals surface area contributed by atoms with E-state index in [-0.39, 0.29) is 17.9 Å². The first kappa shape index (κ1) is 33.0. The van der Waals surface area contributed by atoms with E-state index in [1.54, 1.807) is 0 Å². The Morgan fingerprint density at radius 1 is 1.00 bits per heavy atom. The maximum atomic E-state index is 14.9. The number of aryl methyl sites for hydroxylation is 3. The Labute approximate surface area is 295 Å². The third-order valence-electron chi connectivity index (χ3n) is 9.88. The number of piperazine rings is 1. The summed E-state index contributed by atoms with van der Waals surface area (Å²) in [5.41, 5.74) is 5.59. The minimum atomic E-state index is -0.663. The lowest BCUT2D eigenvalue weighted by molar-refractivity contribution is -0.156. The van der Waals surface area contributed by atoms with Crippen LogP contribution >= 0.6 is 27.5 Å². The maximum Gasteiger partial charge on any atom is 0.252 e. The number of fused-ring (bicyclic) bond motifs is 2. The van der Waals surface area contributed by atoms with Crippen molar-refractivity contribution >= 4 is 39.3 Å². The number of hydrogen-bond acceptors (Lipinski definition) is 5. The van der Waals surface area contributed by atoms with Gasteiger partial charge in [-0.15, -0.1) is 0 Å². The SMILES string of the molecule is O=C([C@H]1CN([C@H]2c3ccc(Cl)cc3CCc3cc(Br)cnc32)CCN1C(=O)C1CCCO1)N(CCCn1cccc1)Cc1ccccc1. The lowest BCUT2D eigenvalue weighted by atomic mass is 9.94. The third kappa shape index (κ3) is 7.25. The monoisotopic (exact) mass is 729 g/mol. The van der Waals surface area contributed by atoms with Gasteiger partial charge >= 0.3 is 0 Å². The average Bonchev–Trinajstić information content (AvgIpc) is 3.81. The fourth-order valence-electron chi connectivity index (χ4n) is 7.50. The summed E-state index contributed by atoms with van der Waals surface area (Å²) in [6.07, 6.45) is 9.50. The second-order valence-corrected chi connectivity index (χ2v) is 14.4. The highest BCUT2D eigenvalue weighted by Crippen LogP contribution is 2.39. The van der Waals surface area contributed by atoms with Crippen LogP contribution in [0, 0.1) is 0 Å². The van der Waals surface area contributed by atoms with Gasteiger partial charge in [0.1, 0.15) is 12.1 Å². The summed E-state index contributed by atoms with van der Waals surface area (Å²) in [6, 6.07) is 21.6. The van der Waals surface area contributed by atoms with Gasteiger partial charge in [-0.3, -0.25) is 19.5 Å². The van der Waals surface area contributed by atoms with Crippen LogP contribution in [0.2, 0.25) is 5.02 Å². The van der Waals surface area contributed by atoms with Gasteiger partial charge in [-0.1, -0.05) is 48.0 Å². The maximum absolute atomic E-state index is 14.9. The van der Waals surface area contributed by atoms with E-state index in [9.17, 15) is 9.59 Å². The molecule has 0 saturated carbocycles. The summed E-state index contributed by atoms with van der Waals surface area (Å²) < 4.78 is 8.96. The van der Waals surface area contributed by atoms with Crippen molar-refractivity contribution in [1.29, 1.82) is 0 Å². The van der Waals surface area contributed by atoms with Crippen LogP contribution in [0.4, 0.5) is 0 Å². The molecule has 10 heteroatoms. The highest BCUT2D eigenvalue weighted by Gasteiger charge is 2.43. The molecule has 2 saturated heterocycles. The van der Waals surface area contributed by atoms with Gasteiger partial charge < -0.3 is 19.1 Å². The van der Waals surface area contributed by atoms with Crippen molar-refractivity contribution in [3.63, 3.8) is 0 Å². The Hall–Kier alpha value is -3.50. The number of carbonyl (C=O) groups excluding carboxylic acids is 2. The molecule has 8 nitrogen and oxygen atoms in total. The van der Waals surface area contributed by atoms with E-state index < -0.39 is 12.1 Å². The molecule has 0 bridgehead atoms. The summed E-state index contributed by atoms with van der Waals surface area (Å²) in [6.45, 7) is 3.88. The average molecular weight is 731 g/mol. The molecule has 3 atom stereocenters. The Balaban J connectivity index is 1.23. The standard InChI is InChI=1S/C38H41BrClN5O3/c39-30-22-29-12-11-28-23-31(40)13-14-32(28)36(35(29)41-24-30)43-19-20-45(38(47)34-10-6-21-48-34)33(26-43)37(46)44(25-27-8-2-1-3-9-27)18-7-17-42-15-4-5-16-42/h1-5,8-9,13-16,22-24,33-34,36H,6-7,10-12,17-21,25-26H2/t33-,34?,36+/m1/s1. The summed E-state index contributed by atoms with van der Waals surface area (Å²) in [5, 5.41) is 0.712. The number of rotatable bonds is 9. The van der Waals surface area contributed by atoms with Crippen molar-refractivity contribution in [2.45, 2.75) is 63.4 Å². The quantitative estimate of drug-likeness (QED) is 0.202. The van der Waals surface area contributed by atoms with E-state index in [0.717, 1.165) is 53.5 Å². The van der Waals surface area contributed by atoms with Gasteiger partial charge in [-0.05, 0) is 101 Å². The second kappa shape index (κ2) is 14.9. The number of pyridine rings is 1. The van der Waals surface area contributed by atoms with Crippen LogP contribution in [0.1, 0.15) is 53.3 Å². The van der Waals surface area contributed by atoms with Crippen molar-refractivity contribution in [3.05, 3.63) is 123 Å². The van der Waals surface area contributed by atoms with Crippen LogP contribution in [0.25, 0.3) is 0 Å². The first-order chi connectivity index (χ1) is 23.4. The molecule has 0 radical (unpaired) electrons. The molecule has 2 aliphatic heterocycles. The number of nitrogens with zero attached hydrogens (tertiary/aromatic N) is 5. The van der Waals surface area contributed by atoms with Crippen LogP contribution < -0.4 is 0 Å². The molecule has 1 aliphatic carbocycles. The Morgan fingerprint density at radius 3 is 2.60 bits per heavy atom. The van der Waals surface area contributed by atoms with E-state index in [1.165, 1.54) is 11.1 Å². The van der Waals surface area contributed by atoms with E-state index in [1.807, 2.05) is 64.8 Å². The molecule has 2 aromatic carbocycles. The molecule has 2 fully saturated rings. The van der Waals surface area contributed by atoms with E-state index >= 15 is 0 Å². The smallest absolute Gasteiger partial charge is 0.252 e. The summed E-state index contributed by atoms with van der Waals surface area (Å²) >= 11 is 10.1. The minimum absolute atomic E-state index is 0.0312. The molecule has 2 amide bonds. The van der Waals surface area contributed by atoms with Crippen molar-refractivity contribution < 1.29 is 14.3 Å². The van der Waals surface area contributed by atoms with Gasteiger partial charge in [-0.2, -0.15) is 0 Å². The Kier molecular flexibility index (Phi) is 10.3. The van der Waals surface area contributed by atoms with E-state index in [0.29, 0.717) is 50.8 Å². The Morgan fingerprint density at radius 2 is 1.81 bits per heavy atom. The third-order valence-corrected chi connectivity index (χ3v) is 10.5. The zero-order valence-electron chi connectivity index (χ0n) is 27.0. The zero-order chi connectivity index (χ0) is 33.0. The molecule has 4 heterocycles. The van der Waals surface area contributed by atoms with Crippen molar-refractivity contribution in [1.82, 2.24) is 24.3 Å². The van der Waals surface area contributed by atoms with Crippen molar-refractivity contribution in [2.75, 3.05) is 32.8 Å². The predicted molar refractivity (Wildman–Crippen MR) is 190 cm³/mol. The highest BCUT2D eigenvalue weighted by molar-refractivity contribution is 9.10. The van der Waals surface area contributed by atoms with Crippen molar-refractivity contribution in [3.8, 4) is 0 Å². The van der Waals surface area contributed by atoms with Crippen LogP contribution in [0.5, 0.6) is 0 Å². The van der Waals surface area contributed by atoms with Crippen LogP contribution in [-0.2, 0) is 40.3 Å². The number of benzene rings is 2. The highest BCUT2D eigenvalue weighted by atomic mass is 79.9. The number of carbonyl (C=O) groups is 2. The summed E-state index contributed by atoms with van der Waals surface area (Å²) in [4.78, 5) is 40.1. The summed E-state index contributed by atoms with van der Waals surface area (Å²) in [5.74, 6) is -0.107. The first-order valence-electron chi connectivity index (χ1n) is 17.0. The molecule has 1 unspecified atom stereocenters. The van der Waals surface area contributed by atoms with Crippen LogP contribution in [-0.4, -0.2) is 81.0 Å². The van der Waals surface area contributed by atoms with Gasteiger partial charge in [0.25, 0.3) is 5.91 Å². The van der Waals surface area contributed by atoms with E-state index in [4.69, 9.17) is 21.3 Å². The van der Waals surface area contributed by atoms with Gasteiger partial charge in [0.15, 0.2) is 0 Å². The van der Waals surface area contributed by atoms with Gasteiger partial charge in [0, 0.05) is 74.0 Å². The lowest BCUT2D eigenvalue weighted by Gasteiger charge is -2.45. The lowest BCUT2D eigenvalue weighted by Crippen LogP contribution is -2.63. The number of halogens is 2. The largest absolute Gasteiger partial charge is 0.368 e. The molecule has 3 aliphatic rings. The Bertz CT molecular complexity index is 1680. The molecule has 0 spiro atoms. The zero-order valence-corrected chi connectivity index (χ0v) is 29.4. The van der Waals surface area contributed by atoms with Gasteiger partial charge in [0.2, 0.25) is 5.91 Å². The van der Waals surface area contributed by atoms with Gasteiger partial charge in [-0.25, -0.2) is 0 Å². The minimum Gasteiger partial charge on any atom is -0.368 e. The molecule has 48 heavy (non-hydrogen) atoms. The van der Waals surface area contributed by atoms with Gasteiger partial charge in [0.05, 0.1) is 11.7 Å². The molecule has 2 aromatic heterocycles. The fraction of sp³-hybridized carbons (Fsp3) is 0.395. The normalized spacial score (nSPS) is 21.0. The molecule has 250 valence electrons. The van der Waals surface area contributed by atoms with E-state index in [2.05, 4.69) is 55.7 Å². The molecule has 7 rings (SSSR count). The number of ether oxygens (including phenoxy) is 1. The second-order valence-electron chi connectivity index (χ2n) is 13.0. The fourth-order valence-corrected chi connectivity index (χ4v) is 8.07. The number of amides is 2. The molecule has 4 aromatic rings. The number of aromatic nitrogens is 2. The summed E-state index contributed by atoms with van der Waals surface area (Å²) in [7, 11) is 0. The molecular weight excluding hydrogens is 690 g/mol. The first-order valence-corrected chi connectivity index (χ1v) is 18.1.